The van der Waals surface area contributed by atoms with Crippen molar-refractivity contribution in [2.24, 2.45) is 5.92 Å². The zero-order valence-corrected chi connectivity index (χ0v) is 16.2. The molecule has 0 aliphatic carbocycles. The lowest BCUT2D eigenvalue weighted by atomic mass is 9.88. The van der Waals surface area contributed by atoms with Crippen molar-refractivity contribution < 1.29 is 14.4 Å². The number of fused-ring (bicyclic) bond motifs is 3. The Morgan fingerprint density at radius 2 is 2.07 bits per heavy atom. The zero-order chi connectivity index (χ0) is 20.0. The molecule has 7 nitrogen and oxygen atoms in total. The number of benzene rings is 1. The highest BCUT2D eigenvalue weighted by atomic mass is 16.2. The van der Waals surface area contributed by atoms with Crippen molar-refractivity contribution in [3.05, 3.63) is 42.2 Å². The van der Waals surface area contributed by atoms with E-state index in [2.05, 4.69) is 10.3 Å². The third-order valence-corrected chi connectivity index (χ3v) is 6.57. The number of nitrogens with one attached hydrogen (secondary N) is 1. The maximum absolute atomic E-state index is 13.5. The minimum atomic E-state index is -0.208. The molecule has 2 aromatic rings. The molecule has 2 bridgehead atoms. The molecular formula is C22H24N4O3. The Bertz CT molecular complexity index is 986. The van der Waals surface area contributed by atoms with Crippen LogP contribution in [-0.2, 0) is 9.59 Å². The minimum absolute atomic E-state index is 0.00166. The molecule has 3 aliphatic rings. The van der Waals surface area contributed by atoms with E-state index in [1.807, 2.05) is 29.2 Å². The van der Waals surface area contributed by atoms with Gasteiger partial charge in [0.25, 0.3) is 5.91 Å². The van der Waals surface area contributed by atoms with Gasteiger partial charge in [-0.15, -0.1) is 0 Å². The van der Waals surface area contributed by atoms with E-state index >= 15 is 0 Å². The van der Waals surface area contributed by atoms with Crippen LogP contribution in [0.1, 0.15) is 36.0 Å². The standard InChI is InChI=1S/C22H24N4O3/c27-20-13-25(10-2-8-24-20)21(28)18-11-15-5-6-19(18)26(15)22(29)17-4-1-3-14-12-23-9-7-16(14)17/h1,3-4,7,9,12,15,18-19H,2,5-6,8,10-11,13H2,(H,24,27)/t15-,18-,19+/m1/s1. The summed E-state index contributed by atoms with van der Waals surface area (Å²) in [6.45, 7) is 1.33. The molecule has 4 heterocycles. The van der Waals surface area contributed by atoms with E-state index < -0.39 is 0 Å². The molecule has 5 rings (SSSR count). The van der Waals surface area contributed by atoms with Crippen molar-refractivity contribution in [3.8, 4) is 0 Å². The first-order chi connectivity index (χ1) is 14.1. The van der Waals surface area contributed by atoms with Crippen LogP contribution in [0.3, 0.4) is 0 Å². The second-order valence-electron chi connectivity index (χ2n) is 8.22. The fourth-order valence-electron chi connectivity index (χ4n) is 5.25. The normalized spacial score (nSPS) is 26.5. The summed E-state index contributed by atoms with van der Waals surface area (Å²) >= 11 is 0. The SMILES string of the molecule is O=C1CN(C(=O)[C@@H]2C[C@H]3CC[C@@H]2N3C(=O)c2cccc3cnccc23)CCCN1. The Kier molecular flexibility index (Phi) is 4.45. The summed E-state index contributed by atoms with van der Waals surface area (Å²) in [7, 11) is 0. The number of carbonyl (C=O) groups excluding carboxylic acids is 3. The summed E-state index contributed by atoms with van der Waals surface area (Å²) in [5.74, 6) is -0.288. The smallest absolute Gasteiger partial charge is 0.255 e. The van der Waals surface area contributed by atoms with Crippen LogP contribution in [0.15, 0.2) is 36.7 Å². The Morgan fingerprint density at radius 3 is 2.97 bits per heavy atom. The summed E-state index contributed by atoms with van der Waals surface area (Å²) in [4.78, 5) is 46.3. The van der Waals surface area contributed by atoms with Crippen LogP contribution < -0.4 is 5.32 Å². The lowest BCUT2D eigenvalue weighted by molar-refractivity contribution is -0.139. The van der Waals surface area contributed by atoms with Crippen molar-refractivity contribution in [1.82, 2.24) is 20.1 Å². The number of nitrogens with zero attached hydrogens (tertiary/aromatic N) is 3. The van der Waals surface area contributed by atoms with Gasteiger partial charge in [-0.3, -0.25) is 19.4 Å². The molecule has 29 heavy (non-hydrogen) atoms. The van der Waals surface area contributed by atoms with Gasteiger partial charge in [0.05, 0.1) is 12.5 Å². The monoisotopic (exact) mass is 392 g/mol. The first-order valence-electron chi connectivity index (χ1n) is 10.3. The maximum atomic E-state index is 13.5. The molecule has 0 saturated carbocycles. The number of rotatable bonds is 2. The second kappa shape index (κ2) is 7.13. The third-order valence-electron chi connectivity index (χ3n) is 6.57. The highest BCUT2D eigenvalue weighted by molar-refractivity contribution is 6.07. The summed E-state index contributed by atoms with van der Waals surface area (Å²) in [5, 5.41) is 4.65. The first kappa shape index (κ1) is 18.1. The van der Waals surface area contributed by atoms with Crippen molar-refractivity contribution in [2.45, 2.75) is 37.8 Å². The molecular weight excluding hydrogens is 368 g/mol. The van der Waals surface area contributed by atoms with Crippen LogP contribution in [0.2, 0.25) is 0 Å². The summed E-state index contributed by atoms with van der Waals surface area (Å²) in [5.41, 5.74) is 0.670. The van der Waals surface area contributed by atoms with Gasteiger partial charge in [-0.2, -0.15) is 0 Å². The van der Waals surface area contributed by atoms with E-state index in [0.29, 0.717) is 25.1 Å². The van der Waals surface area contributed by atoms with Crippen molar-refractivity contribution >= 4 is 28.5 Å². The number of amides is 3. The van der Waals surface area contributed by atoms with Gasteiger partial charge < -0.3 is 15.1 Å². The zero-order valence-electron chi connectivity index (χ0n) is 16.2. The van der Waals surface area contributed by atoms with Crippen molar-refractivity contribution in [3.63, 3.8) is 0 Å². The molecule has 1 N–H and O–H groups in total. The number of pyridine rings is 1. The van der Waals surface area contributed by atoms with Crippen LogP contribution in [0, 0.1) is 5.92 Å². The van der Waals surface area contributed by atoms with Crippen LogP contribution >= 0.6 is 0 Å². The van der Waals surface area contributed by atoms with Gasteiger partial charge in [0.1, 0.15) is 0 Å². The molecule has 3 fully saturated rings. The molecule has 7 heteroatoms. The van der Waals surface area contributed by atoms with E-state index in [4.69, 9.17) is 0 Å². The Hall–Kier alpha value is -2.96. The van der Waals surface area contributed by atoms with Gasteiger partial charge in [-0.1, -0.05) is 12.1 Å². The van der Waals surface area contributed by atoms with Crippen LogP contribution in [0.5, 0.6) is 0 Å². The molecule has 3 saturated heterocycles. The van der Waals surface area contributed by atoms with Crippen molar-refractivity contribution in [2.75, 3.05) is 19.6 Å². The molecule has 3 amide bonds. The van der Waals surface area contributed by atoms with Gasteiger partial charge in [-0.05, 0) is 43.2 Å². The van der Waals surface area contributed by atoms with E-state index in [0.717, 1.165) is 30.0 Å². The largest absolute Gasteiger partial charge is 0.354 e. The predicted octanol–water partition coefficient (Wildman–Crippen LogP) is 1.58. The highest BCUT2D eigenvalue weighted by Crippen LogP contribution is 2.43. The molecule has 3 aliphatic heterocycles. The average Bonchev–Trinajstić information content (AvgIpc) is 3.24. The van der Waals surface area contributed by atoms with Crippen LogP contribution in [-0.4, -0.2) is 64.2 Å². The van der Waals surface area contributed by atoms with Crippen molar-refractivity contribution in [1.29, 1.82) is 0 Å². The number of carbonyl (C=O) groups is 3. The fraction of sp³-hybridized carbons (Fsp3) is 0.455. The van der Waals surface area contributed by atoms with Crippen LogP contribution in [0.4, 0.5) is 0 Å². The summed E-state index contributed by atoms with van der Waals surface area (Å²) < 4.78 is 0. The maximum Gasteiger partial charge on any atom is 0.255 e. The molecule has 0 unspecified atom stereocenters. The van der Waals surface area contributed by atoms with E-state index in [9.17, 15) is 14.4 Å². The minimum Gasteiger partial charge on any atom is -0.354 e. The van der Waals surface area contributed by atoms with Gasteiger partial charge in [0.15, 0.2) is 0 Å². The lowest BCUT2D eigenvalue weighted by Crippen LogP contribution is -2.45. The molecule has 150 valence electrons. The van der Waals surface area contributed by atoms with Gasteiger partial charge in [-0.25, -0.2) is 0 Å². The van der Waals surface area contributed by atoms with Gasteiger partial charge in [0.2, 0.25) is 11.8 Å². The van der Waals surface area contributed by atoms with Gasteiger partial charge in [0, 0.05) is 48.5 Å². The van der Waals surface area contributed by atoms with E-state index in [1.54, 1.807) is 17.3 Å². The molecule has 1 aromatic carbocycles. The second-order valence-corrected chi connectivity index (χ2v) is 8.22. The highest BCUT2D eigenvalue weighted by Gasteiger charge is 2.52. The first-order valence-corrected chi connectivity index (χ1v) is 10.3. The number of hydrogen-bond donors (Lipinski definition) is 1. The molecule has 0 radical (unpaired) electrons. The summed E-state index contributed by atoms with van der Waals surface area (Å²) in [6.07, 6.45) is 6.71. The molecule has 1 aromatic heterocycles. The Morgan fingerprint density at radius 1 is 1.17 bits per heavy atom. The van der Waals surface area contributed by atoms with Gasteiger partial charge >= 0.3 is 0 Å². The number of aromatic nitrogens is 1. The van der Waals surface area contributed by atoms with E-state index in [1.165, 1.54) is 0 Å². The average molecular weight is 392 g/mol. The topological polar surface area (TPSA) is 82.6 Å². The molecule has 3 atom stereocenters. The molecule has 0 spiro atoms. The Labute approximate surface area is 169 Å². The third kappa shape index (κ3) is 3.05. The van der Waals surface area contributed by atoms with E-state index in [-0.39, 0.29) is 42.3 Å². The van der Waals surface area contributed by atoms with Crippen LogP contribution in [0.25, 0.3) is 10.8 Å². The fourth-order valence-corrected chi connectivity index (χ4v) is 5.25. The summed E-state index contributed by atoms with van der Waals surface area (Å²) in [6, 6.07) is 7.59. The lowest BCUT2D eigenvalue weighted by Gasteiger charge is -2.28. The quantitative estimate of drug-likeness (QED) is 0.841. The predicted molar refractivity (Wildman–Crippen MR) is 107 cm³/mol. The number of hydrogen-bond acceptors (Lipinski definition) is 4. The Balaban J connectivity index is 1.40.